The maximum absolute atomic E-state index is 12.7. The van der Waals surface area contributed by atoms with Gasteiger partial charge < -0.3 is 36.8 Å². The lowest BCUT2D eigenvalue weighted by atomic mass is 9.97. The number of carbonyl (C=O) groups is 7. The van der Waals surface area contributed by atoms with Crippen LogP contribution in [0.1, 0.15) is 60.3 Å². The van der Waals surface area contributed by atoms with E-state index in [9.17, 15) is 38.7 Å². The summed E-state index contributed by atoms with van der Waals surface area (Å²) in [5, 5.41) is 30.3. The van der Waals surface area contributed by atoms with Gasteiger partial charge in [-0.2, -0.15) is 0 Å². The van der Waals surface area contributed by atoms with Crippen LogP contribution in [0.5, 0.6) is 0 Å². The monoisotopic (exact) mass is 529 g/mol. The third-order valence-corrected chi connectivity index (χ3v) is 5.42. The fourth-order valence-corrected chi connectivity index (χ4v) is 3.18. The number of amides is 5. The zero-order valence-electron chi connectivity index (χ0n) is 21.9. The summed E-state index contributed by atoms with van der Waals surface area (Å²) in [4.78, 5) is 84.0. The second-order valence-corrected chi connectivity index (χ2v) is 8.68. The van der Waals surface area contributed by atoms with E-state index in [0.29, 0.717) is 12.8 Å². The highest BCUT2D eigenvalue weighted by molar-refractivity contribution is 6.38. The van der Waals surface area contributed by atoms with Gasteiger partial charge in [0.15, 0.2) is 0 Å². The van der Waals surface area contributed by atoms with Crippen molar-refractivity contribution in [3.8, 4) is 0 Å². The second kappa shape index (κ2) is 17.0. The van der Waals surface area contributed by atoms with Crippen molar-refractivity contribution in [3.05, 3.63) is 0 Å². The van der Waals surface area contributed by atoms with Crippen molar-refractivity contribution in [2.45, 2.75) is 84.5 Å². The molecule has 210 valence electrons. The molecule has 1 unspecified atom stereocenters. The molecule has 0 aromatic heterocycles. The smallest absolute Gasteiger partial charge is 0.305 e. The van der Waals surface area contributed by atoms with E-state index < -0.39 is 72.1 Å². The van der Waals surface area contributed by atoms with E-state index in [4.69, 9.17) is 5.11 Å². The molecule has 0 aliphatic heterocycles. The Morgan fingerprint density at radius 1 is 0.838 bits per heavy atom. The van der Waals surface area contributed by atoms with E-state index in [1.54, 1.807) is 13.8 Å². The molecule has 14 heteroatoms. The van der Waals surface area contributed by atoms with Crippen LogP contribution in [-0.4, -0.2) is 88.8 Å². The molecule has 0 aliphatic carbocycles. The highest BCUT2D eigenvalue weighted by atomic mass is 16.4. The summed E-state index contributed by atoms with van der Waals surface area (Å²) in [5.74, 6) is -6.23. The first-order chi connectivity index (χ1) is 17.2. The summed E-state index contributed by atoms with van der Waals surface area (Å²) in [7, 11) is 0. The Kier molecular flexibility index (Phi) is 15.4. The summed E-state index contributed by atoms with van der Waals surface area (Å²) in [5.41, 5.74) is 0. The van der Waals surface area contributed by atoms with Gasteiger partial charge in [-0.15, -0.1) is 0 Å². The SMILES string of the molecule is CCCC(NC(=O)CNC(=O)[C@@H](NC(=O)[C@@H](NC(C)=O)[C@H](C)CC)[C@@H](C)O)C(=O)C(=O)NCCC(=O)O. The number of hydrogen-bond acceptors (Lipinski definition) is 8. The van der Waals surface area contributed by atoms with Crippen LogP contribution in [0.4, 0.5) is 0 Å². The molecule has 0 saturated heterocycles. The highest BCUT2D eigenvalue weighted by Gasteiger charge is 2.32. The number of rotatable bonds is 17. The Morgan fingerprint density at radius 2 is 1.46 bits per heavy atom. The molecule has 5 atom stereocenters. The van der Waals surface area contributed by atoms with Gasteiger partial charge in [-0.3, -0.25) is 33.6 Å². The molecule has 5 amide bonds. The van der Waals surface area contributed by atoms with Crippen LogP contribution in [-0.2, 0) is 33.6 Å². The standard InChI is InChI=1S/C23H39N5O9/c1-6-8-15(20(34)23(37)24-10-9-17(32)33)27-16(31)11-25-21(35)19(13(4)29)28-22(36)18(12(3)7-2)26-14(5)30/h12-13,15,18-19,29H,6-11H2,1-5H3,(H,24,37)(H,25,35)(H,26,30)(H,27,31)(H,28,36)(H,32,33)/t12-,13-,15?,18+,19+/m1/s1. The van der Waals surface area contributed by atoms with Gasteiger partial charge in [0.1, 0.15) is 12.1 Å². The van der Waals surface area contributed by atoms with E-state index in [0.717, 1.165) is 0 Å². The fraction of sp³-hybridized carbons (Fsp3) is 0.696. The minimum absolute atomic E-state index is 0.122. The lowest BCUT2D eigenvalue weighted by molar-refractivity contribution is -0.141. The Hall–Kier alpha value is -3.55. The topological polar surface area (TPSA) is 220 Å². The second-order valence-electron chi connectivity index (χ2n) is 8.68. The average molecular weight is 530 g/mol. The van der Waals surface area contributed by atoms with Crippen LogP contribution in [0, 0.1) is 5.92 Å². The van der Waals surface area contributed by atoms with Gasteiger partial charge >= 0.3 is 5.97 Å². The molecule has 0 heterocycles. The zero-order chi connectivity index (χ0) is 28.7. The van der Waals surface area contributed by atoms with Gasteiger partial charge in [-0.25, -0.2) is 0 Å². The summed E-state index contributed by atoms with van der Waals surface area (Å²) >= 11 is 0. The van der Waals surface area contributed by atoms with Crippen LogP contribution in [0.15, 0.2) is 0 Å². The number of aliphatic hydroxyl groups is 1. The van der Waals surface area contributed by atoms with Gasteiger partial charge in [-0.1, -0.05) is 33.6 Å². The van der Waals surface area contributed by atoms with Crippen molar-refractivity contribution in [2.75, 3.05) is 13.1 Å². The third-order valence-electron chi connectivity index (χ3n) is 5.42. The number of aliphatic carboxylic acids is 1. The molecule has 0 fully saturated rings. The number of nitrogens with one attached hydrogen (secondary N) is 5. The quantitative estimate of drug-likeness (QED) is 0.103. The number of hydrogen-bond donors (Lipinski definition) is 7. The first-order valence-electron chi connectivity index (χ1n) is 12.1. The largest absolute Gasteiger partial charge is 0.481 e. The Morgan fingerprint density at radius 3 is 1.95 bits per heavy atom. The fourth-order valence-electron chi connectivity index (χ4n) is 3.18. The number of carbonyl (C=O) groups excluding carboxylic acids is 6. The van der Waals surface area contributed by atoms with E-state index in [-0.39, 0.29) is 25.3 Å². The normalized spacial score (nSPS) is 14.6. The van der Waals surface area contributed by atoms with Crippen molar-refractivity contribution in [2.24, 2.45) is 5.92 Å². The van der Waals surface area contributed by atoms with Crippen LogP contribution in [0.25, 0.3) is 0 Å². The summed E-state index contributed by atoms with van der Waals surface area (Å²) in [6.45, 7) is 6.92. The van der Waals surface area contributed by atoms with Crippen molar-refractivity contribution in [1.29, 1.82) is 0 Å². The van der Waals surface area contributed by atoms with Gasteiger partial charge in [0.25, 0.3) is 5.91 Å². The molecule has 7 N–H and O–H groups in total. The molecular formula is C23H39N5O9. The van der Waals surface area contributed by atoms with Gasteiger partial charge in [0.2, 0.25) is 29.4 Å². The number of ketones is 1. The molecule has 0 spiro atoms. The molecule has 14 nitrogen and oxygen atoms in total. The molecule has 0 radical (unpaired) electrons. The minimum atomic E-state index is -1.44. The maximum atomic E-state index is 12.7. The first-order valence-corrected chi connectivity index (χ1v) is 12.1. The average Bonchev–Trinajstić information content (AvgIpc) is 2.82. The predicted molar refractivity (Wildman–Crippen MR) is 131 cm³/mol. The predicted octanol–water partition coefficient (Wildman–Crippen LogP) is -2.04. The molecular weight excluding hydrogens is 490 g/mol. The highest BCUT2D eigenvalue weighted by Crippen LogP contribution is 2.09. The lowest BCUT2D eigenvalue weighted by Crippen LogP contribution is -2.59. The number of carboxylic acids is 1. The maximum Gasteiger partial charge on any atom is 0.305 e. The molecule has 37 heavy (non-hydrogen) atoms. The van der Waals surface area contributed by atoms with Crippen LogP contribution in [0.3, 0.4) is 0 Å². The minimum Gasteiger partial charge on any atom is -0.481 e. The van der Waals surface area contributed by atoms with Crippen LogP contribution >= 0.6 is 0 Å². The number of carboxylic acid groups (broad SMARTS) is 1. The first kappa shape index (κ1) is 33.4. The molecule has 0 aromatic rings. The Bertz CT molecular complexity index is 846. The number of Topliss-reactive ketones (excluding diaryl/α,β-unsaturated/α-hetero) is 1. The summed E-state index contributed by atoms with van der Waals surface area (Å²) in [6.07, 6.45) is -0.602. The summed E-state index contributed by atoms with van der Waals surface area (Å²) in [6, 6.07) is -3.57. The third kappa shape index (κ3) is 12.8. The van der Waals surface area contributed by atoms with Gasteiger partial charge in [0, 0.05) is 13.5 Å². The van der Waals surface area contributed by atoms with Crippen molar-refractivity contribution < 1.29 is 43.8 Å². The van der Waals surface area contributed by atoms with Crippen molar-refractivity contribution >= 4 is 41.3 Å². The summed E-state index contributed by atoms with van der Waals surface area (Å²) < 4.78 is 0. The molecule has 0 aromatic carbocycles. The zero-order valence-corrected chi connectivity index (χ0v) is 21.9. The molecule has 0 rings (SSSR count). The Labute approximate surface area is 215 Å². The van der Waals surface area contributed by atoms with Crippen molar-refractivity contribution in [3.63, 3.8) is 0 Å². The molecule has 0 aliphatic rings. The molecule has 0 bridgehead atoms. The van der Waals surface area contributed by atoms with Crippen LogP contribution in [0.2, 0.25) is 0 Å². The van der Waals surface area contributed by atoms with E-state index >= 15 is 0 Å². The number of aliphatic hydroxyl groups excluding tert-OH is 1. The van der Waals surface area contributed by atoms with E-state index in [2.05, 4.69) is 26.6 Å². The molecule has 0 saturated carbocycles. The van der Waals surface area contributed by atoms with Gasteiger partial charge in [-0.05, 0) is 19.3 Å². The van der Waals surface area contributed by atoms with Crippen LogP contribution < -0.4 is 26.6 Å². The van der Waals surface area contributed by atoms with E-state index in [1.807, 2.05) is 6.92 Å². The lowest BCUT2D eigenvalue weighted by Gasteiger charge is -2.27. The Balaban J connectivity index is 5.13. The van der Waals surface area contributed by atoms with E-state index in [1.165, 1.54) is 13.8 Å². The van der Waals surface area contributed by atoms with Crippen molar-refractivity contribution in [1.82, 2.24) is 26.6 Å². The van der Waals surface area contributed by atoms with Gasteiger partial charge in [0.05, 0.1) is 25.1 Å².